The van der Waals surface area contributed by atoms with E-state index in [1.165, 1.54) is 4.90 Å². The zero-order valence-corrected chi connectivity index (χ0v) is 8.67. The van der Waals surface area contributed by atoms with Crippen LogP contribution in [-0.4, -0.2) is 43.0 Å². The van der Waals surface area contributed by atoms with Crippen LogP contribution in [-0.2, 0) is 4.79 Å². The molecule has 0 heterocycles. The average molecular weight is 199 g/mol. The highest BCUT2D eigenvalue weighted by atomic mass is 16.2. The van der Waals surface area contributed by atoms with Crippen molar-refractivity contribution < 1.29 is 9.59 Å². The first kappa shape index (κ1) is 10.8. The number of carbonyl (C=O) groups is 2. The fourth-order valence-electron chi connectivity index (χ4n) is 1.07. The van der Waals surface area contributed by atoms with E-state index in [0.29, 0.717) is 12.6 Å². The molecular formula is C9H17N3O2. The summed E-state index contributed by atoms with van der Waals surface area (Å²) in [5.74, 6) is -0.0822. The fourth-order valence-corrected chi connectivity index (χ4v) is 1.07. The Morgan fingerprint density at radius 2 is 2.07 bits per heavy atom. The first-order valence-corrected chi connectivity index (χ1v) is 4.91. The highest BCUT2D eigenvalue weighted by Gasteiger charge is 2.24. The number of hydrogen-bond donors (Lipinski definition) is 2. The second-order valence-electron chi connectivity index (χ2n) is 3.53. The summed E-state index contributed by atoms with van der Waals surface area (Å²) in [5, 5.41) is 5.45. The Kier molecular flexibility index (Phi) is 3.73. The molecule has 2 N–H and O–H groups in total. The second-order valence-corrected chi connectivity index (χ2v) is 3.53. The van der Waals surface area contributed by atoms with Crippen LogP contribution in [0.4, 0.5) is 4.79 Å². The lowest BCUT2D eigenvalue weighted by Crippen LogP contribution is -2.43. The van der Waals surface area contributed by atoms with Crippen LogP contribution < -0.4 is 10.6 Å². The molecule has 1 rings (SSSR count). The van der Waals surface area contributed by atoms with E-state index >= 15 is 0 Å². The van der Waals surface area contributed by atoms with Crippen molar-refractivity contribution in [2.75, 3.05) is 20.1 Å². The molecule has 0 unspecified atom stereocenters. The van der Waals surface area contributed by atoms with Crippen molar-refractivity contribution >= 4 is 11.9 Å². The van der Waals surface area contributed by atoms with E-state index in [4.69, 9.17) is 0 Å². The minimum Gasteiger partial charge on any atom is -0.352 e. The molecule has 1 aliphatic carbocycles. The van der Waals surface area contributed by atoms with E-state index in [9.17, 15) is 9.59 Å². The number of rotatable bonds is 4. The molecule has 0 saturated heterocycles. The van der Waals surface area contributed by atoms with Gasteiger partial charge in [-0.05, 0) is 19.8 Å². The summed E-state index contributed by atoms with van der Waals surface area (Å²) in [6, 6.07) is 0.142. The van der Waals surface area contributed by atoms with Gasteiger partial charge in [0.2, 0.25) is 5.91 Å². The molecule has 80 valence electrons. The predicted octanol–water partition coefficient (Wildman–Crippen LogP) is -0.0737. The summed E-state index contributed by atoms with van der Waals surface area (Å²) >= 11 is 0. The van der Waals surface area contributed by atoms with Gasteiger partial charge in [-0.3, -0.25) is 4.79 Å². The SMILES string of the molecule is CCNC(=O)N(C)CC(=O)NC1CC1. The molecule has 0 radical (unpaired) electrons. The van der Waals surface area contributed by atoms with Crippen molar-refractivity contribution in [3.8, 4) is 0 Å². The van der Waals surface area contributed by atoms with Gasteiger partial charge in [0.25, 0.3) is 0 Å². The Labute approximate surface area is 83.8 Å². The van der Waals surface area contributed by atoms with Crippen molar-refractivity contribution in [2.24, 2.45) is 0 Å². The van der Waals surface area contributed by atoms with Gasteiger partial charge in [-0.25, -0.2) is 4.79 Å². The molecule has 5 heteroatoms. The number of carbonyl (C=O) groups excluding carboxylic acids is 2. The van der Waals surface area contributed by atoms with Crippen LogP contribution in [0.1, 0.15) is 19.8 Å². The van der Waals surface area contributed by atoms with Crippen LogP contribution in [0.5, 0.6) is 0 Å². The molecule has 5 nitrogen and oxygen atoms in total. The molecule has 0 aromatic rings. The van der Waals surface area contributed by atoms with Crippen molar-refractivity contribution in [2.45, 2.75) is 25.8 Å². The largest absolute Gasteiger partial charge is 0.352 e. The Morgan fingerprint density at radius 3 is 2.57 bits per heavy atom. The van der Waals surface area contributed by atoms with E-state index in [-0.39, 0.29) is 18.5 Å². The molecule has 0 bridgehead atoms. The van der Waals surface area contributed by atoms with Gasteiger partial charge >= 0.3 is 6.03 Å². The number of nitrogens with zero attached hydrogens (tertiary/aromatic N) is 1. The first-order chi connectivity index (χ1) is 6.63. The number of hydrogen-bond acceptors (Lipinski definition) is 2. The maximum Gasteiger partial charge on any atom is 0.317 e. The monoisotopic (exact) mass is 199 g/mol. The Hall–Kier alpha value is -1.26. The van der Waals surface area contributed by atoms with E-state index in [2.05, 4.69) is 10.6 Å². The highest BCUT2D eigenvalue weighted by Crippen LogP contribution is 2.18. The van der Waals surface area contributed by atoms with Crippen LogP contribution in [0, 0.1) is 0 Å². The molecule has 0 atom stereocenters. The minimum atomic E-state index is -0.210. The topological polar surface area (TPSA) is 61.4 Å². The average Bonchev–Trinajstić information content (AvgIpc) is 2.88. The van der Waals surface area contributed by atoms with Crippen molar-refractivity contribution in [3.63, 3.8) is 0 Å². The molecule has 3 amide bonds. The smallest absolute Gasteiger partial charge is 0.317 e. The van der Waals surface area contributed by atoms with Gasteiger partial charge in [0.1, 0.15) is 6.54 Å². The third kappa shape index (κ3) is 3.64. The van der Waals surface area contributed by atoms with Crippen molar-refractivity contribution in [1.82, 2.24) is 15.5 Å². The second kappa shape index (κ2) is 4.83. The van der Waals surface area contributed by atoms with Crippen LogP contribution in [0.15, 0.2) is 0 Å². The molecule has 0 aromatic heterocycles. The number of likely N-dealkylation sites (N-methyl/N-ethyl adjacent to an activating group) is 1. The molecule has 0 spiro atoms. The maximum atomic E-state index is 11.3. The maximum absolute atomic E-state index is 11.3. The van der Waals surface area contributed by atoms with Crippen LogP contribution >= 0.6 is 0 Å². The van der Waals surface area contributed by atoms with Gasteiger partial charge in [-0.2, -0.15) is 0 Å². The fraction of sp³-hybridized carbons (Fsp3) is 0.778. The van der Waals surface area contributed by atoms with Gasteiger partial charge < -0.3 is 15.5 Å². The first-order valence-electron chi connectivity index (χ1n) is 4.91. The number of nitrogens with one attached hydrogen (secondary N) is 2. The van der Waals surface area contributed by atoms with Crippen LogP contribution in [0.2, 0.25) is 0 Å². The van der Waals surface area contributed by atoms with Gasteiger partial charge in [0, 0.05) is 19.6 Å². The highest BCUT2D eigenvalue weighted by molar-refractivity contribution is 5.84. The summed E-state index contributed by atoms with van der Waals surface area (Å²) in [6.45, 7) is 2.55. The summed E-state index contributed by atoms with van der Waals surface area (Å²) in [5.41, 5.74) is 0. The molecule has 1 fully saturated rings. The molecule has 0 aliphatic heterocycles. The Morgan fingerprint density at radius 1 is 1.43 bits per heavy atom. The van der Waals surface area contributed by atoms with Crippen molar-refractivity contribution in [1.29, 1.82) is 0 Å². The third-order valence-electron chi connectivity index (χ3n) is 2.00. The van der Waals surface area contributed by atoms with Gasteiger partial charge in [0.15, 0.2) is 0 Å². The lowest BCUT2D eigenvalue weighted by molar-refractivity contribution is -0.121. The van der Waals surface area contributed by atoms with Gasteiger partial charge in [-0.1, -0.05) is 0 Å². The third-order valence-corrected chi connectivity index (χ3v) is 2.00. The quantitative estimate of drug-likeness (QED) is 0.665. The Bertz CT molecular complexity index is 226. The summed E-state index contributed by atoms with van der Waals surface area (Å²) in [6.07, 6.45) is 2.13. The normalized spacial score (nSPS) is 14.7. The summed E-state index contributed by atoms with van der Waals surface area (Å²) in [7, 11) is 1.61. The van der Waals surface area contributed by atoms with Gasteiger partial charge in [0.05, 0.1) is 0 Å². The van der Waals surface area contributed by atoms with Crippen LogP contribution in [0.25, 0.3) is 0 Å². The van der Waals surface area contributed by atoms with E-state index < -0.39 is 0 Å². The molecule has 1 saturated carbocycles. The zero-order valence-electron chi connectivity index (χ0n) is 8.67. The van der Waals surface area contributed by atoms with Crippen LogP contribution in [0.3, 0.4) is 0 Å². The minimum absolute atomic E-state index is 0.0822. The lowest BCUT2D eigenvalue weighted by atomic mass is 10.5. The number of amides is 3. The summed E-state index contributed by atoms with van der Waals surface area (Å²) < 4.78 is 0. The molecule has 14 heavy (non-hydrogen) atoms. The van der Waals surface area contributed by atoms with E-state index in [1.807, 2.05) is 6.92 Å². The van der Waals surface area contributed by atoms with Gasteiger partial charge in [-0.15, -0.1) is 0 Å². The molecule has 0 aromatic carbocycles. The summed E-state index contributed by atoms with van der Waals surface area (Å²) in [4.78, 5) is 23.9. The van der Waals surface area contributed by atoms with E-state index in [1.54, 1.807) is 7.05 Å². The standard InChI is InChI=1S/C9H17N3O2/c1-3-10-9(14)12(2)6-8(13)11-7-4-5-7/h7H,3-6H2,1-2H3,(H,10,14)(H,11,13). The molecule has 1 aliphatic rings. The molecular weight excluding hydrogens is 182 g/mol. The lowest BCUT2D eigenvalue weighted by Gasteiger charge is -2.16. The predicted molar refractivity (Wildman–Crippen MR) is 52.9 cm³/mol. The zero-order chi connectivity index (χ0) is 10.6. The van der Waals surface area contributed by atoms with Crippen molar-refractivity contribution in [3.05, 3.63) is 0 Å². The van der Waals surface area contributed by atoms with E-state index in [0.717, 1.165) is 12.8 Å². The Balaban J connectivity index is 2.20. The number of urea groups is 1.